The average Bonchev–Trinajstić information content (AvgIpc) is 2.65. The van der Waals surface area contributed by atoms with E-state index >= 15 is 0 Å². The fourth-order valence-electron chi connectivity index (χ4n) is 2.59. The van der Waals surface area contributed by atoms with Crippen LogP contribution in [-0.4, -0.2) is 35.6 Å². The number of nitrogens with one attached hydrogen (secondary N) is 2. The van der Waals surface area contributed by atoms with Gasteiger partial charge in [0.2, 0.25) is 0 Å². The van der Waals surface area contributed by atoms with Gasteiger partial charge in [0.15, 0.2) is 0 Å². The van der Waals surface area contributed by atoms with Crippen LogP contribution in [0.4, 0.5) is 11.5 Å². The summed E-state index contributed by atoms with van der Waals surface area (Å²) in [5.74, 6) is 1.08. The highest BCUT2D eigenvalue weighted by Gasteiger charge is 2.42. The number of anilines is 2. The van der Waals surface area contributed by atoms with Gasteiger partial charge < -0.3 is 15.4 Å². The average molecular weight is 222 g/mol. The van der Waals surface area contributed by atoms with Gasteiger partial charge in [0.25, 0.3) is 0 Å². The highest BCUT2D eigenvalue weighted by Crippen LogP contribution is 2.37. The monoisotopic (exact) mass is 222 g/mol. The van der Waals surface area contributed by atoms with Crippen molar-refractivity contribution >= 4 is 11.5 Å². The van der Waals surface area contributed by atoms with Gasteiger partial charge in [-0.15, -0.1) is 0 Å². The quantitative estimate of drug-likeness (QED) is 0.687. The smallest absolute Gasteiger partial charge is 0.148 e. The van der Waals surface area contributed by atoms with E-state index in [0.29, 0.717) is 6.04 Å². The van der Waals surface area contributed by atoms with Gasteiger partial charge in [0.05, 0.1) is 24.9 Å². The summed E-state index contributed by atoms with van der Waals surface area (Å²) in [6.07, 6.45) is 0. The van der Waals surface area contributed by atoms with Crippen LogP contribution in [0, 0.1) is 12.3 Å². The summed E-state index contributed by atoms with van der Waals surface area (Å²) in [5, 5.41) is 11.5. The third-order valence-corrected chi connectivity index (χ3v) is 3.76. The van der Waals surface area contributed by atoms with Crippen molar-refractivity contribution in [1.82, 2.24) is 9.78 Å². The zero-order valence-electron chi connectivity index (χ0n) is 10.0. The van der Waals surface area contributed by atoms with Crippen LogP contribution in [0.15, 0.2) is 0 Å². The molecule has 0 saturated carbocycles. The molecule has 0 amide bonds. The Morgan fingerprint density at radius 1 is 1.56 bits per heavy atom. The van der Waals surface area contributed by atoms with Crippen LogP contribution >= 0.6 is 0 Å². The van der Waals surface area contributed by atoms with E-state index in [4.69, 9.17) is 4.74 Å². The Kier molecular flexibility index (Phi) is 1.95. The van der Waals surface area contributed by atoms with Gasteiger partial charge in [0, 0.05) is 19.0 Å². The van der Waals surface area contributed by atoms with Crippen molar-refractivity contribution in [3.05, 3.63) is 5.69 Å². The molecule has 0 spiro atoms. The summed E-state index contributed by atoms with van der Waals surface area (Å²) in [6.45, 7) is 6.83. The number of nitrogens with zero attached hydrogens (tertiary/aromatic N) is 2. The van der Waals surface area contributed by atoms with Crippen LogP contribution < -0.4 is 10.6 Å². The number of hydrogen-bond donors (Lipinski definition) is 2. The third kappa shape index (κ3) is 1.24. The van der Waals surface area contributed by atoms with Crippen molar-refractivity contribution < 1.29 is 4.74 Å². The molecule has 2 unspecified atom stereocenters. The van der Waals surface area contributed by atoms with Gasteiger partial charge in [0.1, 0.15) is 11.5 Å². The van der Waals surface area contributed by atoms with Gasteiger partial charge in [-0.05, 0) is 6.92 Å². The summed E-state index contributed by atoms with van der Waals surface area (Å²) >= 11 is 0. The fraction of sp³-hybridized carbons (Fsp3) is 0.727. The molecule has 1 fully saturated rings. The molecule has 3 rings (SSSR count). The summed E-state index contributed by atoms with van der Waals surface area (Å²) in [4.78, 5) is 0. The molecule has 5 nitrogen and oxygen atoms in total. The Morgan fingerprint density at radius 2 is 2.38 bits per heavy atom. The predicted molar refractivity (Wildman–Crippen MR) is 62.8 cm³/mol. The molecule has 1 aromatic heterocycles. The molecule has 0 bridgehead atoms. The van der Waals surface area contributed by atoms with Crippen molar-refractivity contribution in [3.63, 3.8) is 0 Å². The van der Waals surface area contributed by atoms with Crippen LogP contribution in [0.5, 0.6) is 0 Å². The Morgan fingerprint density at radius 3 is 3.19 bits per heavy atom. The van der Waals surface area contributed by atoms with E-state index in [9.17, 15) is 0 Å². The molecular formula is C11H18N4O. The van der Waals surface area contributed by atoms with E-state index in [2.05, 4.69) is 22.7 Å². The molecule has 2 aliphatic rings. The Balaban J connectivity index is 2.01. The summed E-state index contributed by atoms with van der Waals surface area (Å²) in [7, 11) is 1.97. The van der Waals surface area contributed by atoms with Gasteiger partial charge in [-0.1, -0.05) is 6.92 Å². The van der Waals surface area contributed by atoms with Crippen molar-refractivity contribution in [2.24, 2.45) is 12.5 Å². The lowest BCUT2D eigenvalue weighted by Gasteiger charge is -2.27. The molecule has 0 aromatic carbocycles. The molecule has 0 radical (unpaired) electrons. The van der Waals surface area contributed by atoms with Crippen molar-refractivity contribution in [2.75, 3.05) is 30.4 Å². The lowest BCUT2D eigenvalue weighted by molar-refractivity contribution is 0.164. The Bertz CT molecular complexity index is 428. The van der Waals surface area contributed by atoms with Crippen LogP contribution in [-0.2, 0) is 11.8 Å². The second-order valence-electron chi connectivity index (χ2n) is 5.15. The summed E-state index contributed by atoms with van der Waals surface area (Å²) < 4.78 is 7.48. The number of aromatic nitrogens is 2. The number of rotatable bonds is 0. The first-order valence-electron chi connectivity index (χ1n) is 5.72. The maximum Gasteiger partial charge on any atom is 0.148 e. The Labute approximate surface area is 95.2 Å². The summed E-state index contributed by atoms with van der Waals surface area (Å²) in [6, 6.07) is 0.371. The van der Waals surface area contributed by atoms with E-state index in [1.807, 2.05) is 18.7 Å². The van der Waals surface area contributed by atoms with Crippen LogP contribution in [0.2, 0.25) is 0 Å². The zero-order valence-corrected chi connectivity index (χ0v) is 10.0. The van der Waals surface area contributed by atoms with Gasteiger partial charge in [-0.25, -0.2) is 0 Å². The molecule has 3 heterocycles. The third-order valence-electron chi connectivity index (χ3n) is 3.76. The molecule has 0 aliphatic carbocycles. The normalized spacial score (nSPS) is 32.3. The second-order valence-corrected chi connectivity index (χ2v) is 5.15. The van der Waals surface area contributed by atoms with E-state index in [0.717, 1.165) is 37.0 Å². The number of ether oxygens (including phenoxy) is 1. The highest BCUT2D eigenvalue weighted by atomic mass is 16.5. The first-order valence-corrected chi connectivity index (χ1v) is 5.72. The molecule has 2 aliphatic heterocycles. The Hall–Kier alpha value is -1.23. The van der Waals surface area contributed by atoms with Crippen molar-refractivity contribution in [2.45, 2.75) is 19.9 Å². The topological polar surface area (TPSA) is 51.1 Å². The molecule has 16 heavy (non-hydrogen) atoms. The van der Waals surface area contributed by atoms with Crippen molar-refractivity contribution in [3.8, 4) is 0 Å². The molecular weight excluding hydrogens is 204 g/mol. The standard InChI is InChI=1S/C11H18N4O/c1-7-9-10(15(3)14-7)13-8-4-16-6-11(8,2)5-12-9/h8,12-13H,4-6H2,1-3H3. The van der Waals surface area contributed by atoms with E-state index in [-0.39, 0.29) is 5.41 Å². The maximum absolute atomic E-state index is 5.58. The lowest BCUT2D eigenvalue weighted by Crippen LogP contribution is -2.40. The largest absolute Gasteiger partial charge is 0.380 e. The van der Waals surface area contributed by atoms with Gasteiger partial charge >= 0.3 is 0 Å². The fourth-order valence-corrected chi connectivity index (χ4v) is 2.59. The molecule has 1 saturated heterocycles. The van der Waals surface area contributed by atoms with Crippen molar-refractivity contribution in [1.29, 1.82) is 0 Å². The molecule has 88 valence electrons. The number of fused-ring (bicyclic) bond motifs is 2. The maximum atomic E-state index is 5.58. The number of aryl methyl sites for hydroxylation is 2. The van der Waals surface area contributed by atoms with E-state index in [1.165, 1.54) is 0 Å². The van der Waals surface area contributed by atoms with Crippen LogP contribution in [0.1, 0.15) is 12.6 Å². The first-order chi connectivity index (χ1) is 7.60. The molecule has 2 N–H and O–H groups in total. The highest BCUT2D eigenvalue weighted by molar-refractivity contribution is 5.69. The van der Waals surface area contributed by atoms with Gasteiger partial charge in [-0.3, -0.25) is 4.68 Å². The number of hydrogen-bond acceptors (Lipinski definition) is 4. The minimum Gasteiger partial charge on any atom is -0.380 e. The molecule has 5 heteroatoms. The minimum absolute atomic E-state index is 0.172. The zero-order chi connectivity index (χ0) is 11.3. The van der Waals surface area contributed by atoms with E-state index < -0.39 is 0 Å². The lowest BCUT2D eigenvalue weighted by atomic mass is 9.85. The molecule has 2 atom stereocenters. The SMILES string of the molecule is Cc1nn(C)c2c1NCC1(C)COCC1N2. The van der Waals surface area contributed by atoms with Gasteiger partial charge in [-0.2, -0.15) is 5.10 Å². The van der Waals surface area contributed by atoms with Crippen LogP contribution in [0.25, 0.3) is 0 Å². The predicted octanol–water partition coefficient (Wildman–Crippen LogP) is 0.971. The second kappa shape index (κ2) is 3.13. The first kappa shape index (κ1) is 9.96. The molecule has 1 aromatic rings. The minimum atomic E-state index is 0.172. The van der Waals surface area contributed by atoms with Crippen LogP contribution in [0.3, 0.4) is 0 Å². The van der Waals surface area contributed by atoms with E-state index in [1.54, 1.807) is 0 Å². The summed E-state index contributed by atoms with van der Waals surface area (Å²) in [5.41, 5.74) is 2.36.